The quantitative estimate of drug-likeness (QED) is 0.562. The van der Waals surface area contributed by atoms with E-state index in [0.717, 1.165) is 6.07 Å². The van der Waals surface area contributed by atoms with Gasteiger partial charge in [-0.15, -0.1) is 0 Å². The molecule has 0 saturated heterocycles. The summed E-state index contributed by atoms with van der Waals surface area (Å²) in [7, 11) is 0. The summed E-state index contributed by atoms with van der Waals surface area (Å²) in [6, 6.07) is 2.69. The van der Waals surface area contributed by atoms with Crippen molar-refractivity contribution < 1.29 is 27.8 Å². The van der Waals surface area contributed by atoms with Gasteiger partial charge in [0.2, 0.25) is 0 Å². The van der Waals surface area contributed by atoms with Crippen LogP contribution in [0, 0.1) is 13.8 Å². The summed E-state index contributed by atoms with van der Waals surface area (Å²) in [5.74, 6) is -1.91. The number of alkyl halides is 3. The van der Waals surface area contributed by atoms with Crippen molar-refractivity contribution in [3.05, 3.63) is 28.8 Å². The molecule has 2 rings (SSSR count). The summed E-state index contributed by atoms with van der Waals surface area (Å²) in [5.41, 5.74) is -3.19. The number of hydrogen-bond donors (Lipinski definition) is 1. The third-order valence-electron chi connectivity index (χ3n) is 2.71. The highest BCUT2D eigenvalue weighted by molar-refractivity contribution is 5.90. The van der Waals surface area contributed by atoms with E-state index in [0.29, 0.717) is 11.1 Å². The molecule has 1 N–H and O–H groups in total. The summed E-state index contributed by atoms with van der Waals surface area (Å²) in [6.07, 6.45) is -5.10. The Balaban J connectivity index is 2.74. The predicted octanol–water partition coefficient (Wildman–Crippen LogP) is 1.97. The number of rotatable bonds is 0. The monoisotopic (exact) mass is 246 g/mol. The van der Waals surface area contributed by atoms with Crippen LogP contribution in [-0.2, 0) is 10.4 Å². The standard InChI is InChI=1S/C11H9F3O3/c1-5-3-6(2)8-7(4-5)10(16,9(15)17-8)11(12,13)14/h3-4,16H,1-2H3/t10-/m0/s1. The van der Waals surface area contributed by atoms with Crippen LogP contribution in [0.1, 0.15) is 16.7 Å². The van der Waals surface area contributed by atoms with Crippen molar-refractivity contribution in [2.45, 2.75) is 25.6 Å². The molecule has 1 atom stereocenters. The van der Waals surface area contributed by atoms with Crippen LogP contribution < -0.4 is 4.74 Å². The second-order valence-electron chi connectivity index (χ2n) is 4.06. The van der Waals surface area contributed by atoms with Crippen LogP contribution in [0.4, 0.5) is 13.2 Å². The highest BCUT2D eigenvalue weighted by atomic mass is 19.4. The lowest BCUT2D eigenvalue weighted by molar-refractivity contribution is -0.258. The topological polar surface area (TPSA) is 46.5 Å². The van der Waals surface area contributed by atoms with Crippen LogP contribution in [0.3, 0.4) is 0 Å². The molecule has 0 fully saturated rings. The number of fused-ring (bicyclic) bond motifs is 1. The lowest BCUT2D eigenvalue weighted by Gasteiger charge is -2.22. The summed E-state index contributed by atoms with van der Waals surface area (Å²) in [6.45, 7) is 3.09. The van der Waals surface area contributed by atoms with Gasteiger partial charge >= 0.3 is 12.1 Å². The number of aryl methyl sites for hydroxylation is 2. The fourth-order valence-corrected chi connectivity index (χ4v) is 1.90. The van der Waals surface area contributed by atoms with Crippen molar-refractivity contribution in [3.8, 4) is 5.75 Å². The Bertz CT molecular complexity index is 507. The molecule has 1 heterocycles. The lowest BCUT2D eigenvalue weighted by Crippen LogP contribution is -2.47. The number of aliphatic hydroxyl groups is 1. The molecule has 1 aliphatic heterocycles. The number of ether oxygens (including phenoxy) is 1. The molecule has 0 amide bonds. The van der Waals surface area contributed by atoms with Gasteiger partial charge in [-0.25, -0.2) is 4.79 Å². The Labute approximate surface area is 94.8 Å². The van der Waals surface area contributed by atoms with E-state index < -0.39 is 23.3 Å². The Kier molecular flexibility index (Phi) is 2.26. The summed E-state index contributed by atoms with van der Waals surface area (Å²) >= 11 is 0. The normalized spacial score (nSPS) is 23.5. The Morgan fingerprint density at radius 2 is 1.88 bits per heavy atom. The van der Waals surface area contributed by atoms with Gasteiger partial charge in [-0.2, -0.15) is 13.2 Å². The minimum absolute atomic E-state index is 0.208. The van der Waals surface area contributed by atoms with Gasteiger partial charge in [-0.1, -0.05) is 11.6 Å². The molecule has 0 radical (unpaired) electrons. The second kappa shape index (κ2) is 3.22. The Morgan fingerprint density at radius 1 is 1.29 bits per heavy atom. The number of benzene rings is 1. The molecule has 17 heavy (non-hydrogen) atoms. The van der Waals surface area contributed by atoms with Crippen LogP contribution in [-0.4, -0.2) is 17.3 Å². The van der Waals surface area contributed by atoms with E-state index in [2.05, 4.69) is 4.74 Å². The SMILES string of the molecule is Cc1cc(C)c2c(c1)[C@@](O)(C(F)(F)F)C(=O)O2. The highest BCUT2D eigenvalue weighted by Crippen LogP contribution is 2.49. The zero-order valence-electron chi connectivity index (χ0n) is 9.05. The second-order valence-corrected chi connectivity index (χ2v) is 4.06. The maximum Gasteiger partial charge on any atom is 0.432 e. The average Bonchev–Trinajstić information content (AvgIpc) is 2.42. The maximum absolute atomic E-state index is 12.8. The molecule has 6 heteroatoms. The van der Waals surface area contributed by atoms with Gasteiger partial charge in [0.1, 0.15) is 5.75 Å². The van der Waals surface area contributed by atoms with Crippen molar-refractivity contribution in [3.63, 3.8) is 0 Å². The van der Waals surface area contributed by atoms with Crippen LogP contribution >= 0.6 is 0 Å². The molecule has 1 aromatic rings. The van der Waals surface area contributed by atoms with Gasteiger partial charge in [-0.05, 0) is 25.5 Å². The first kappa shape index (κ1) is 11.9. The molecule has 3 nitrogen and oxygen atoms in total. The fraction of sp³-hybridized carbons (Fsp3) is 0.364. The van der Waals surface area contributed by atoms with E-state index in [1.165, 1.54) is 6.92 Å². The predicted molar refractivity (Wildman–Crippen MR) is 51.5 cm³/mol. The summed E-state index contributed by atoms with van der Waals surface area (Å²) < 4.78 is 42.9. The van der Waals surface area contributed by atoms with E-state index in [9.17, 15) is 23.1 Å². The van der Waals surface area contributed by atoms with Crippen LogP contribution in [0.25, 0.3) is 0 Å². The molecular formula is C11H9F3O3. The fourth-order valence-electron chi connectivity index (χ4n) is 1.90. The number of esters is 1. The molecule has 0 unspecified atom stereocenters. The number of hydrogen-bond acceptors (Lipinski definition) is 3. The molecule has 92 valence electrons. The van der Waals surface area contributed by atoms with Crippen molar-refractivity contribution >= 4 is 5.97 Å². The van der Waals surface area contributed by atoms with Gasteiger partial charge in [0.15, 0.2) is 0 Å². The summed E-state index contributed by atoms with van der Waals surface area (Å²) in [4.78, 5) is 11.3. The number of halogens is 3. The Morgan fingerprint density at radius 3 is 2.41 bits per heavy atom. The van der Waals surface area contributed by atoms with E-state index in [-0.39, 0.29) is 5.75 Å². The van der Waals surface area contributed by atoms with E-state index in [4.69, 9.17) is 0 Å². The molecular weight excluding hydrogens is 237 g/mol. The lowest BCUT2D eigenvalue weighted by atomic mass is 9.92. The van der Waals surface area contributed by atoms with E-state index in [1.54, 1.807) is 13.0 Å². The van der Waals surface area contributed by atoms with Gasteiger partial charge in [-0.3, -0.25) is 0 Å². The van der Waals surface area contributed by atoms with Crippen LogP contribution in [0.15, 0.2) is 12.1 Å². The zero-order chi connectivity index (χ0) is 13.0. The minimum Gasteiger partial charge on any atom is -0.423 e. The first-order chi connectivity index (χ1) is 7.68. The van der Waals surface area contributed by atoms with Crippen molar-refractivity contribution in [1.82, 2.24) is 0 Å². The van der Waals surface area contributed by atoms with Crippen LogP contribution in [0.5, 0.6) is 5.75 Å². The van der Waals surface area contributed by atoms with Gasteiger partial charge in [0.05, 0.1) is 0 Å². The van der Waals surface area contributed by atoms with E-state index in [1.807, 2.05) is 0 Å². The first-order valence-corrected chi connectivity index (χ1v) is 4.81. The average molecular weight is 246 g/mol. The largest absolute Gasteiger partial charge is 0.432 e. The van der Waals surface area contributed by atoms with Crippen LogP contribution in [0.2, 0.25) is 0 Å². The molecule has 1 aromatic carbocycles. The summed E-state index contributed by atoms with van der Waals surface area (Å²) in [5, 5.41) is 9.60. The molecule has 0 aliphatic carbocycles. The van der Waals surface area contributed by atoms with Crippen molar-refractivity contribution in [2.24, 2.45) is 0 Å². The molecule has 0 spiro atoms. The van der Waals surface area contributed by atoms with Gasteiger partial charge in [0.25, 0.3) is 5.60 Å². The molecule has 0 saturated carbocycles. The zero-order valence-corrected chi connectivity index (χ0v) is 9.05. The molecule has 1 aliphatic rings. The third kappa shape index (κ3) is 1.44. The van der Waals surface area contributed by atoms with Crippen molar-refractivity contribution in [1.29, 1.82) is 0 Å². The Hall–Kier alpha value is -1.56. The van der Waals surface area contributed by atoms with Gasteiger partial charge in [0, 0.05) is 5.56 Å². The van der Waals surface area contributed by atoms with Gasteiger partial charge < -0.3 is 9.84 Å². The number of carbonyl (C=O) groups is 1. The maximum atomic E-state index is 12.8. The minimum atomic E-state index is -5.10. The smallest absolute Gasteiger partial charge is 0.423 e. The van der Waals surface area contributed by atoms with E-state index >= 15 is 0 Å². The highest BCUT2D eigenvalue weighted by Gasteiger charge is 2.66. The van der Waals surface area contributed by atoms with Crippen molar-refractivity contribution in [2.75, 3.05) is 0 Å². The number of carbonyl (C=O) groups excluding carboxylic acids is 1. The molecule has 0 aromatic heterocycles. The first-order valence-electron chi connectivity index (χ1n) is 4.81. The third-order valence-corrected chi connectivity index (χ3v) is 2.71. The molecule has 0 bridgehead atoms.